The SMILES string of the molecule is Cc1nc(C(=O)NC(C)C(C)(C)NC(=O)c2ccc(O)cn2)n(C)n1. The summed E-state index contributed by atoms with van der Waals surface area (Å²) in [5.74, 6) is -0.0883. The second-order valence-corrected chi connectivity index (χ2v) is 6.38. The highest BCUT2D eigenvalue weighted by molar-refractivity contribution is 5.93. The number of rotatable bonds is 5. The quantitative estimate of drug-likeness (QED) is 0.727. The number of carbonyl (C=O) groups excluding carboxylic acids is 2. The van der Waals surface area contributed by atoms with Crippen molar-refractivity contribution >= 4 is 11.8 Å². The molecule has 0 aliphatic rings. The molecule has 3 N–H and O–H groups in total. The molecule has 0 spiro atoms. The number of pyridine rings is 1. The summed E-state index contributed by atoms with van der Waals surface area (Å²) in [4.78, 5) is 32.6. The molecule has 1 atom stereocenters. The van der Waals surface area contributed by atoms with Crippen LogP contribution in [0, 0.1) is 6.92 Å². The molecule has 0 aliphatic carbocycles. The lowest BCUT2D eigenvalue weighted by Gasteiger charge is -2.33. The minimum absolute atomic E-state index is 0.0181. The average Bonchev–Trinajstić information content (AvgIpc) is 2.86. The summed E-state index contributed by atoms with van der Waals surface area (Å²) in [7, 11) is 1.64. The van der Waals surface area contributed by atoms with Gasteiger partial charge >= 0.3 is 0 Å². The Hall–Kier alpha value is -2.97. The zero-order chi connectivity index (χ0) is 18.8. The van der Waals surface area contributed by atoms with E-state index in [1.165, 1.54) is 23.0 Å². The van der Waals surface area contributed by atoms with Gasteiger partial charge in [0.05, 0.1) is 11.7 Å². The molecule has 0 saturated carbocycles. The van der Waals surface area contributed by atoms with Crippen molar-refractivity contribution in [2.75, 3.05) is 0 Å². The van der Waals surface area contributed by atoms with Gasteiger partial charge in [0.15, 0.2) is 0 Å². The highest BCUT2D eigenvalue weighted by Crippen LogP contribution is 2.12. The van der Waals surface area contributed by atoms with Crippen molar-refractivity contribution in [1.29, 1.82) is 0 Å². The Kier molecular flexibility index (Phi) is 5.05. The first-order valence-electron chi connectivity index (χ1n) is 7.76. The summed E-state index contributed by atoms with van der Waals surface area (Å²) in [6.45, 7) is 7.07. The van der Waals surface area contributed by atoms with Crippen LogP contribution in [0.1, 0.15) is 47.7 Å². The van der Waals surface area contributed by atoms with Crippen LogP contribution in [-0.4, -0.2) is 48.3 Å². The summed E-state index contributed by atoms with van der Waals surface area (Å²) in [5, 5.41) is 18.9. The highest BCUT2D eigenvalue weighted by atomic mass is 16.3. The van der Waals surface area contributed by atoms with Crippen molar-refractivity contribution in [3.63, 3.8) is 0 Å². The molecule has 0 aromatic carbocycles. The van der Waals surface area contributed by atoms with E-state index >= 15 is 0 Å². The summed E-state index contributed by atoms with van der Waals surface area (Å²) < 4.78 is 1.41. The first kappa shape index (κ1) is 18.4. The molecule has 2 heterocycles. The molecule has 9 nitrogen and oxygen atoms in total. The van der Waals surface area contributed by atoms with Gasteiger partial charge in [0.2, 0.25) is 5.82 Å². The van der Waals surface area contributed by atoms with Crippen LogP contribution in [0.5, 0.6) is 5.75 Å². The van der Waals surface area contributed by atoms with Crippen molar-refractivity contribution < 1.29 is 14.7 Å². The Labute approximate surface area is 145 Å². The Bertz CT molecular complexity index is 782. The lowest BCUT2D eigenvalue weighted by atomic mass is 9.95. The topological polar surface area (TPSA) is 122 Å². The maximum atomic E-state index is 12.3. The molecule has 0 fully saturated rings. The lowest BCUT2D eigenvalue weighted by Crippen LogP contribution is -2.57. The van der Waals surface area contributed by atoms with Gasteiger partial charge < -0.3 is 15.7 Å². The minimum Gasteiger partial charge on any atom is -0.506 e. The number of carbonyl (C=O) groups is 2. The zero-order valence-electron chi connectivity index (χ0n) is 14.9. The summed E-state index contributed by atoms with van der Waals surface area (Å²) in [6, 6.07) is 2.42. The molecule has 1 unspecified atom stereocenters. The normalized spacial score (nSPS) is 12.5. The number of hydrogen-bond acceptors (Lipinski definition) is 6. The van der Waals surface area contributed by atoms with Gasteiger partial charge in [-0.1, -0.05) is 0 Å². The average molecular weight is 346 g/mol. The Morgan fingerprint density at radius 3 is 2.48 bits per heavy atom. The predicted molar refractivity (Wildman–Crippen MR) is 90.1 cm³/mol. The van der Waals surface area contributed by atoms with E-state index in [-0.39, 0.29) is 23.2 Å². The van der Waals surface area contributed by atoms with Gasteiger partial charge in [-0.15, -0.1) is 0 Å². The van der Waals surface area contributed by atoms with Crippen molar-refractivity contribution in [2.45, 2.75) is 39.3 Å². The second kappa shape index (κ2) is 6.88. The van der Waals surface area contributed by atoms with Crippen molar-refractivity contribution in [3.05, 3.63) is 35.7 Å². The number of hydrogen-bond donors (Lipinski definition) is 3. The molecule has 25 heavy (non-hydrogen) atoms. The number of aromatic hydroxyl groups is 1. The third-order valence-corrected chi connectivity index (χ3v) is 3.92. The van der Waals surface area contributed by atoms with Crippen LogP contribution in [0.15, 0.2) is 18.3 Å². The van der Waals surface area contributed by atoms with Crippen molar-refractivity contribution in [2.24, 2.45) is 7.05 Å². The van der Waals surface area contributed by atoms with Crippen LogP contribution >= 0.6 is 0 Å². The number of aryl methyl sites for hydroxylation is 2. The smallest absolute Gasteiger partial charge is 0.289 e. The molecular weight excluding hydrogens is 324 g/mol. The van der Waals surface area contributed by atoms with Crippen LogP contribution in [0.4, 0.5) is 0 Å². The van der Waals surface area contributed by atoms with Crippen LogP contribution in [0.25, 0.3) is 0 Å². The van der Waals surface area contributed by atoms with E-state index in [1.54, 1.807) is 34.7 Å². The van der Waals surface area contributed by atoms with Gasteiger partial charge in [0, 0.05) is 13.1 Å². The zero-order valence-corrected chi connectivity index (χ0v) is 14.9. The third kappa shape index (κ3) is 4.31. The third-order valence-electron chi connectivity index (χ3n) is 3.92. The van der Waals surface area contributed by atoms with E-state index in [9.17, 15) is 14.7 Å². The van der Waals surface area contributed by atoms with Crippen molar-refractivity contribution in [3.8, 4) is 5.75 Å². The van der Waals surface area contributed by atoms with E-state index in [0.29, 0.717) is 5.82 Å². The van der Waals surface area contributed by atoms with Gasteiger partial charge in [-0.2, -0.15) is 5.10 Å². The molecule has 134 valence electrons. The summed E-state index contributed by atoms with van der Waals surface area (Å²) >= 11 is 0. The maximum absolute atomic E-state index is 12.3. The van der Waals surface area contributed by atoms with Crippen LogP contribution in [0.3, 0.4) is 0 Å². The van der Waals surface area contributed by atoms with E-state index in [0.717, 1.165) is 0 Å². The van der Waals surface area contributed by atoms with Gasteiger partial charge in [-0.25, -0.2) is 14.6 Å². The van der Waals surface area contributed by atoms with Gasteiger partial charge in [-0.05, 0) is 39.8 Å². The lowest BCUT2D eigenvalue weighted by molar-refractivity contribution is 0.0839. The van der Waals surface area contributed by atoms with E-state index < -0.39 is 17.5 Å². The number of nitrogens with one attached hydrogen (secondary N) is 2. The van der Waals surface area contributed by atoms with Gasteiger partial charge in [-0.3, -0.25) is 9.59 Å². The molecule has 0 saturated heterocycles. The molecular formula is C16H22N6O3. The van der Waals surface area contributed by atoms with Gasteiger partial charge in [0.25, 0.3) is 11.8 Å². The fourth-order valence-corrected chi connectivity index (χ4v) is 2.14. The molecule has 2 amide bonds. The van der Waals surface area contributed by atoms with Crippen LogP contribution < -0.4 is 10.6 Å². The number of aromatic nitrogens is 4. The predicted octanol–water partition coefficient (Wildman–Crippen LogP) is 0.551. The van der Waals surface area contributed by atoms with Crippen LogP contribution in [-0.2, 0) is 7.05 Å². The van der Waals surface area contributed by atoms with E-state index in [4.69, 9.17) is 0 Å². The molecule has 9 heteroatoms. The molecule has 0 radical (unpaired) electrons. The fraction of sp³-hybridized carbons (Fsp3) is 0.438. The standard InChI is InChI=1S/C16H22N6O3/c1-9(18-15(25)13-19-10(2)21-22(13)5)16(3,4)20-14(24)12-7-6-11(23)8-17-12/h6-9,23H,1-5H3,(H,18,25)(H,20,24). The molecule has 2 rings (SSSR count). The van der Waals surface area contributed by atoms with Crippen molar-refractivity contribution in [1.82, 2.24) is 30.4 Å². The summed E-state index contributed by atoms with van der Waals surface area (Å²) in [5.41, 5.74) is -0.576. The largest absolute Gasteiger partial charge is 0.506 e. The first-order valence-corrected chi connectivity index (χ1v) is 7.76. The van der Waals surface area contributed by atoms with E-state index in [1.807, 2.05) is 0 Å². The molecule has 0 aliphatic heterocycles. The Morgan fingerprint density at radius 2 is 1.96 bits per heavy atom. The monoisotopic (exact) mass is 346 g/mol. The summed E-state index contributed by atoms with van der Waals surface area (Å²) in [6.07, 6.45) is 1.20. The highest BCUT2D eigenvalue weighted by Gasteiger charge is 2.30. The first-order chi connectivity index (χ1) is 11.6. The fourth-order valence-electron chi connectivity index (χ4n) is 2.14. The minimum atomic E-state index is -0.750. The molecule has 2 aromatic heterocycles. The second-order valence-electron chi connectivity index (χ2n) is 6.38. The van der Waals surface area contributed by atoms with Gasteiger partial charge in [0.1, 0.15) is 17.3 Å². The Morgan fingerprint density at radius 1 is 1.28 bits per heavy atom. The number of amides is 2. The maximum Gasteiger partial charge on any atom is 0.289 e. The molecule has 0 bridgehead atoms. The number of nitrogens with zero attached hydrogens (tertiary/aromatic N) is 4. The van der Waals surface area contributed by atoms with E-state index in [2.05, 4.69) is 25.7 Å². The molecule has 2 aromatic rings. The Balaban J connectivity index is 2.05. The van der Waals surface area contributed by atoms with Crippen LogP contribution in [0.2, 0.25) is 0 Å².